The number of anilines is 1. The van der Waals surface area contributed by atoms with Crippen LogP contribution < -0.4 is 5.32 Å². The summed E-state index contributed by atoms with van der Waals surface area (Å²) < 4.78 is 26.0. The number of rotatable bonds is 3. The summed E-state index contributed by atoms with van der Waals surface area (Å²) in [7, 11) is 0. The molecule has 0 fully saturated rings. The largest absolute Gasteiger partial charge is 0.321 e. The lowest BCUT2D eigenvalue weighted by Crippen LogP contribution is -2.12. The Hall–Kier alpha value is -3.08. The van der Waals surface area contributed by atoms with Crippen molar-refractivity contribution in [3.8, 4) is 11.3 Å². The van der Waals surface area contributed by atoms with E-state index in [1.54, 1.807) is 12.1 Å². The highest BCUT2D eigenvalue weighted by Gasteiger charge is 2.10. The lowest BCUT2D eigenvalue weighted by Gasteiger charge is -2.06. The normalized spacial score (nSPS) is 10.3. The first-order chi connectivity index (χ1) is 11.1. The van der Waals surface area contributed by atoms with Crippen molar-refractivity contribution < 1.29 is 13.6 Å². The van der Waals surface area contributed by atoms with Crippen LogP contribution in [0.4, 0.5) is 14.5 Å². The van der Waals surface area contributed by atoms with Crippen LogP contribution in [0.1, 0.15) is 10.4 Å². The number of nitrogens with one attached hydrogen (secondary N) is 1. The van der Waals surface area contributed by atoms with Crippen LogP contribution in [0.2, 0.25) is 0 Å². The maximum absolute atomic E-state index is 13.2. The van der Waals surface area contributed by atoms with Gasteiger partial charge in [-0.25, -0.2) is 8.78 Å². The second-order valence-electron chi connectivity index (χ2n) is 4.88. The van der Waals surface area contributed by atoms with E-state index in [1.807, 2.05) is 30.3 Å². The van der Waals surface area contributed by atoms with E-state index in [0.29, 0.717) is 5.69 Å². The van der Waals surface area contributed by atoms with Crippen molar-refractivity contribution in [2.75, 3.05) is 5.32 Å². The fourth-order valence-corrected chi connectivity index (χ4v) is 2.09. The summed E-state index contributed by atoms with van der Waals surface area (Å²) in [5, 5.41) is 2.59. The van der Waals surface area contributed by atoms with E-state index in [-0.39, 0.29) is 5.56 Å². The van der Waals surface area contributed by atoms with Gasteiger partial charge in [-0.3, -0.25) is 9.78 Å². The minimum Gasteiger partial charge on any atom is -0.321 e. The SMILES string of the molecule is O=C(Nc1ccc(-c2ccccc2)nc1)c1ccc(F)c(F)c1. The zero-order valence-electron chi connectivity index (χ0n) is 12.0. The van der Waals surface area contributed by atoms with Crippen LogP contribution in [0.25, 0.3) is 11.3 Å². The molecule has 1 N–H and O–H groups in total. The highest BCUT2D eigenvalue weighted by molar-refractivity contribution is 6.04. The molecule has 5 heteroatoms. The van der Waals surface area contributed by atoms with Crippen LogP contribution in [0.3, 0.4) is 0 Å². The van der Waals surface area contributed by atoms with Crippen molar-refractivity contribution in [3.63, 3.8) is 0 Å². The Kier molecular flexibility index (Phi) is 4.10. The molecular formula is C18H12F2N2O. The standard InChI is InChI=1S/C18H12F2N2O/c19-15-8-6-13(10-16(15)20)18(23)22-14-7-9-17(21-11-14)12-4-2-1-3-5-12/h1-11H,(H,22,23). The quantitative estimate of drug-likeness (QED) is 0.784. The Bertz CT molecular complexity index is 833. The summed E-state index contributed by atoms with van der Waals surface area (Å²) in [5.41, 5.74) is 2.25. The summed E-state index contributed by atoms with van der Waals surface area (Å²) in [4.78, 5) is 16.3. The van der Waals surface area contributed by atoms with Crippen LogP contribution in [0.15, 0.2) is 66.9 Å². The third-order valence-corrected chi connectivity index (χ3v) is 3.27. The predicted octanol–water partition coefficient (Wildman–Crippen LogP) is 4.28. The molecule has 0 radical (unpaired) electrons. The number of carbonyl (C=O) groups is 1. The molecule has 0 aliphatic carbocycles. The second kappa shape index (κ2) is 6.36. The molecule has 2 aromatic carbocycles. The number of benzene rings is 2. The number of aromatic nitrogens is 1. The zero-order chi connectivity index (χ0) is 16.2. The number of hydrogen-bond donors (Lipinski definition) is 1. The van der Waals surface area contributed by atoms with Gasteiger partial charge in [0.05, 0.1) is 17.6 Å². The van der Waals surface area contributed by atoms with Crippen LogP contribution in [-0.4, -0.2) is 10.9 Å². The van der Waals surface area contributed by atoms with Gasteiger partial charge in [0.25, 0.3) is 5.91 Å². The highest BCUT2D eigenvalue weighted by Crippen LogP contribution is 2.18. The molecule has 0 saturated heterocycles. The first-order valence-electron chi connectivity index (χ1n) is 6.91. The van der Waals surface area contributed by atoms with Crippen molar-refractivity contribution in [1.29, 1.82) is 0 Å². The molecule has 0 unspecified atom stereocenters. The Labute approximate surface area is 131 Å². The number of pyridine rings is 1. The van der Waals surface area contributed by atoms with E-state index < -0.39 is 17.5 Å². The van der Waals surface area contributed by atoms with E-state index in [4.69, 9.17) is 0 Å². The first kappa shape index (κ1) is 14.8. The number of carbonyl (C=O) groups excluding carboxylic acids is 1. The molecule has 0 spiro atoms. The third kappa shape index (κ3) is 3.40. The highest BCUT2D eigenvalue weighted by atomic mass is 19.2. The maximum Gasteiger partial charge on any atom is 0.255 e. The molecule has 1 amide bonds. The van der Waals surface area contributed by atoms with Crippen molar-refractivity contribution in [3.05, 3.63) is 84.1 Å². The molecule has 1 aromatic heterocycles. The predicted molar refractivity (Wildman–Crippen MR) is 84.0 cm³/mol. The van der Waals surface area contributed by atoms with E-state index in [9.17, 15) is 13.6 Å². The van der Waals surface area contributed by atoms with Gasteiger partial charge in [-0.1, -0.05) is 30.3 Å². The minimum absolute atomic E-state index is 0.0380. The van der Waals surface area contributed by atoms with Gasteiger partial charge in [0, 0.05) is 11.1 Å². The third-order valence-electron chi connectivity index (χ3n) is 3.27. The van der Waals surface area contributed by atoms with Crippen molar-refractivity contribution in [2.45, 2.75) is 0 Å². The van der Waals surface area contributed by atoms with Crippen molar-refractivity contribution in [1.82, 2.24) is 4.98 Å². The fourth-order valence-electron chi connectivity index (χ4n) is 2.09. The lowest BCUT2D eigenvalue weighted by atomic mass is 10.1. The van der Waals surface area contributed by atoms with Crippen LogP contribution in [0.5, 0.6) is 0 Å². The average Bonchev–Trinajstić information content (AvgIpc) is 2.59. The van der Waals surface area contributed by atoms with E-state index in [2.05, 4.69) is 10.3 Å². The molecule has 0 atom stereocenters. The molecule has 114 valence electrons. The van der Waals surface area contributed by atoms with Crippen LogP contribution in [0, 0.1) is 11.6 Å². The first-order valence-corrected chi connectivity index (χ1v) is 6.91. The Balaban J connectivity index is 1.75. The van der Waals surface area contributed by atoms with Crippen molar-refractivity contribution >= 4 is 11.6 Å². The molecule has 23 heavy (non-hydrogen) atoms. The van der Waals surface area contributed by atoms with Gasteiger partial charge in [-0.2, -0.15) is 0 Å². The number of nitrogens with zero attached hydrogens (tertiary/aromatic N) is 1. The molecule has 3 nitrogen and oxygen atoms in total. The monoisotopic (exact) mass is 310 g/mol. The summed E-state index contributed by atoms with van der Waals surface area (Å²) in [6, 6.07) is 16.1. The van der Waals surface area contributed by atoms with E-state index in [0.717, 1.165) is 23.4 Å². The van der Waals surface area contributed by atoms with Gasteiger partial charge in [-0.15, -0.1) is 0 Å². The van der Waals surface area contributed by atoms with Gasteiger partial charge in [-0.05, 0) is 30.3 Å². The summed E-state index contributed by atoms with van der Waals surface area (Å²) in [5.74, 6) is -2.58. The van der Waals surface area contributed by atoms with Crippen LogP contribution in [-0.2, 0) is 0 Å². The van der Waals surface area contributed by atoms with Gasteiger partial charge in [0.1, 0.15) is 0 Å². The smallest absolute Gasteiger partial charge is 0.255 e. The maximum atomic E-state index is 13.2. The summed E-state index contributed by atoms with van der Waals surface area (Å²) >= 11 is 0. The van der Waals surface area contributed by atoms with Crippen LogP contribution >= 0.6 is 0 Å². The van der Waals surface area contributed by atoms with E-state index >= 15 is 0 Å². The molecule has 3 aromatic rings. The number of amides is 1. The average molecular weight is 310 g/mol. The summed E-state index contributed by atoms with van der Waals surface area (Å²) in [6.07, 6.45) is 1.51. The molecule has 0 aliphatic rings. The number of hydrogen-bond acceptors (Lipinski definition) is 2. The Morgan fingerprint density at radius 2 is 1.70 bits per heavy atom. The zero-order valence-corrected chi connectivity index (χ0v) is 12.0. The lowest BCUT2D eigenvalue weighted by molar-refractivity contribution is 0.102. The van der Waals surface area contributed by atoms with Gasteiger partial charge in [0.15, 0.2) is 11.6 Å². The molecule has 0 aliphatic heterocycles. The van der Waals surface area contributed by atoms with Gasteiger partial charge >= 0.3 is 0 Å². The molecule has 1 heterocycles. The molecular weight excluding hydrogens is 298 g/mol. The molecule has 0 saturated carbocycles. The Morgan fingerprint density at radius 1 is 0.913 bits per heavy atom. The van der Waals surface area contributed by atoms with Crippen molar-refractivity contribution in [2.24, 2.45) is 0 Å². The van der Waals surface area contributed by atoms with Gasteiger partial charge in [0.2, 0.25) is 0 Å². The second-order valence-corrected chi connectivity index (χ2v) is 4.88. The number of halogens is 2. The molecule has 0 bridgehead atoms. The fraction of sp³-hybridized carbons (Fsp3) is 0. The summed E-state index contributed by atoms with van der Waals surface area (Å²) in [6.45, 7) is 0. The Morgan fingerprint density at radius 3 is 2.35 bits per heavy atom. The molecule has 3 rings (SSSR count). The minimum atomic E-state index is -1.06. The van der Waals surface area contributed by atoms with E-state index in [1.165, 1.54) is 12.3 Å². The topological polar surface area (TPSA) is 42.0 Å². The van der Waals surface area contributed by atoms with Gasteiger partial charge < -0.3 is 5.32 Å².